The van der Waals surface area contributed by atoms with Gasteiger partial charge >= 0.3 is 0 Å². The molecular weight excluding hydrogens is 398 g/mol. The molecule has 3 aromatic carbocycles. The first-order valence-electron chi connectivity index (χ1n) is 9.22. The van der Waals surface area contributed by atoms with Gasteiger partial charge in [0.2, 0.25) is 0 Å². The molecule has 148 valence electrons. The lowest BCUT2D eigenvalue weighted by atomic mass is 10.1. The van der Waals surface area contributed by atoms with Crippen LogP contribution >= 0.6 is 12.2 Å². The Balaban J connectivity index is 1.58. The van der Waals surface area contributed by atoms with E-state index in [2.05, 4.69) is 10.6 Å². The van der Waals surface area contributed by atoms with Gasteiger partial charge in [0.25, 0.3) is 17.7 Å². The van der Waals surface area contributed by atoms with Crippen LogP contribution in [-0.4, -0.2) is 22.8 Å². The highest BCUT2D eigenvalue weighted by Crippen LogP contribution is 2.32. The second-order valence-corrected chi connectivity index (χ2v) is 7.14. The third-order valence-corrected chi connectivity index (χ3v) is 5.00. The summed E-state index contributed by atoms with van der Waals surface area (Å²) in [6.45, 7) is 1.83. The van der Waals surface area contributed by atoms with Gasteiger partial charge in [0.1, 0.15) is 0 Å². The number of thiocarbonyl (C=S) groups is 1. The van der Waals surface area contributed by atoms with E-state index in [1.807, 2.05) is 25.1 Å². The summed E-state index contributed by atoms with van der Waals surface area (Å²) in [4.78, 5) is 39.5. The Morgan fingerprint density at radius 2 is 1.57 bits per heavy atom. The van der Waals surface area contributed by atoms with Gasteiger partial charge in [0.15, 0.2) is 5.11 Å². The highest BCUT2D eigenvalue weighted by atomic mass is 32.1. The number of rotatable bonds is 3. The van der Waals surface area contributed by atoms with Crippen molar-refractivity contribution in [1.29, 1.82) is 0 Å². The van der Waals surface area contributed by atoms with E-state index in [0.29, 0.717) is 16.9 Å². The van der Waals surface area contributed by atoms with Gasteiger partial charge in [0, 0.05) is 5.56 Å². The SMILES string of the molecule is Cc1ccccc1C(=O)NC(=S)Nc1cccc2c1C(=O)N(c1ccccc1)C2=O. The molecule has 1 heterocycles. The Morgan fingerprint density at radius 1 is 0.867 bits per heavy atom. The molecule has 6 nitrogen and oxygen atoms in total. The Kier molecular flexibility index (Phi) is 5.12. The van der Waals surface area contributed by atoms with Gasteiger partial charge in [-0.2, -0.15) is 0 Å². The Labute approximate surface area is 178 Å². The van der Waals surface area contributed by atoms with Gasteiger partial charge in [-0.25, -0.2) is 4.90 Å². The summed E-state index contributed by atoms with van der Waals surface area (Å²) in [6, 6.07) is 20.8. The number of benzene rings is 3. The molecule has 30 heavy (non-hydrogen) atoms. The molecule has 0 saturated heterocycles. The van der Waals surface area contributed by atoms with Crippen LogP contribution < -0.4 is 15.5 Å². The molecule has 3 aromatic rings. The van der Waals surface area contributed by atoms with Crippen molar-refractivity contribution in [2.75, 3.05) is 10.2 Å². The van der Waals surface area contributed by atoms with Gasteiger partial charge < -0.3 is 5.32 Å². The maximum atomic E-state index is 13.0. The minimum atomic E-state index is -0.447. The number of hydrogen-bond acceptors (Lipinski definition) is 4. The second kappa shape index (κ2) is 7.88. The summed E-state index contributed by atoms with van der Waals surface area (Å²) in [7, 11) is 0. The molecule has 0 fully saturated rings. The standard InChI is InChI=1S/C23H17N3O3S/c1-14-8-5-6-11-16(14)20(27)25-23(30)24-18-13-7-12-17-19(18)22(29)26(21(17)28)15-9-3-2-4-10-15/h2-13H,1H3,(H2,24,25,27,30). The average Bonchev–Trinajstić information content (AvgIpc) is 3.00. The first-order valence-corrected chi connectivity index (χ1v) is 9.63. The van der Waals surface area contributed by atoms with E-state index < -0.39 is 11.8 Å². The van der Waals surface area contributed by atoms with E-state index in [-0.39, 0.29) is 22.1 Å². The summed E-state index contributed by atoms with van der Waals surface area (Å²) in [5, 5.41) is 5.54. The predicted octanol–water partition coefficient (Wildman–Crippen LogP) is 3.92. The maximum Gasteiger partial charge on any atom is 0.268 e. The molecule has 0 bridgehead atoms. The first kappa shape index (κ1) is 19.5. The zero-order chi connectivity index (χ0) is 21.3. The molecule has 3 amide bonds. The quantitative estimate of drug-likeness (QED) is 0.501. The van der Waals surface area contributed by atoms with Gasteiger partial charge in [-0.3, -0.25) is 19.7 Å². The number of para-hydroxylation sites is 1. The largest absolute Gasteiger partial charge is 0.332 e. The van der Waals surface area contributed by atoms with Gasteiger partial charge in [0.05, 0.1) is 22.5 Å². The molecule has 4 rings (SSSR count). The van der Waals surface area contributed by atoms with Crippen molar-refractivity contribution >= 4 is 46.4 Å². The van der Waals surface area contributed by atoms with Gasteiger partial charge in [-0.05, 0) is 55.0 Å². The van der Waals surface area contributed by atoms with Crippen LogP contribution in [0, 0.1) is 6.92 Å². The molecule has 0 spiro atoms. The third kappa shape index (κ3) is 3.46. The van der Waals surface area contributed by atoms with E-state index in [0.717, 1.165) is 10.5 Å². The molecule has 1 aliphatic rings. The zero-order valence-electron chi connectivity index (χ0n) is 16.0. The van der Waals surface area contributed by atoms with Gasteiger partial charge in [-0.1, -0.05) is 42.5 Å². The van der Waals surface area contributed by atoms with E-state index in [9.17, 15) is 14.4 Å². The first-order chi connectivity index (χ1) is 14.5. The minimum Gasteiger partial charge on any atom is -0.332 e. The molecule has 2 N–H and O–H groups in total. The number of aryl methyl sites for hydroxylation is 1. The van der Waals surface area contributed by atoms with Crippen molar-refractivity contribution in [3.8, 4) is 0 Å². The fourth-order valence-corrected chi connectivity index (χ4v) is 3.56. The minimum absolute atomic E-state index is 0.0371. The number of carbonyl (C=O) groups is 3. The van der Waals surface area contributed by atoms with Gasteiger partial charge in [-0.15, -0.1) is 0 Å². The van der Waals surface area contributed by atoms with Crippen molar-refractivity contribution in [1.82, 2.24) is 5.32 Å². The van der Waals surface area contributed by atoms with Crippen molar-refractivity contribution in [2.45, 2.75) is 6.92 Å². The van der Waals surface area contributed by atoms with Crippen molar-refractivity contribution < 1.29 is 14.4 Å². The number of anilines is 2. The van der Waals surface area contributed by atoms with Crippen molar-refractivity contribution in [3.63, 3.8) is 0 Å². The zero-order valence-corrected chi connectivity index (χ0v) is 16.8. The molecule has 1 aliphatic heterocycles. The molecule has 0 unspecified atom stereocenters. The number of fused-ring (bicyclic) bond motifs is 1. The monoisotopic (exact) mass is 415 g/mol. The van der Waals surface area contributed by atoms with Crippen LogP contribution in [0.5, 0.6) is 0 Å². The third-order valence-electron chi connectivity index (χ3n) is 4.79. The fourth-order valence-electron chi connectivity index (χ4n) is 3.35. The fraction of sp³-hybridized carbons (Fsp3) is 0.0435. The molecule has 7 heteroatoms. The lowest BCUT2D eigenvalue weighted by Gasteiger charge is -2.14. The van der Waals surface area contributed by atoms with E-state index in [1.54, 1.807) is 54.6 Å². The van der Waals surface area contributed by atoms with Crippen LogP contribution in [0.15, 0.2) is 72.8 Å². The van der Waals surface area contributed by atoms with Crippen molar-refractivity contribution in [3.05, 3.63) is 95.1 Å². The Bertz CT molecular complexity index is 1190. The highest BCUT2D eigenvalue weighted by molar-refractivity contribution is 7.80. The number of carbonyl (C=O) groups excluding carboxylic acids is 3. The molecule has 0 radical (unpaired) electrons. The topological polar surface area (TPSA) is 78.5 Å². The maximum absolute atomic E-state index is 13.0. The number of nitrogens with one attached hydrogen (secondary N) is 2. The normalized spacial score (nSPS) is 12.5. The van der Waals surface area contributed by atoms with Crippen LogP contribution in [0.25, 0.3) is 0 Å². The number of amides is 3. The number of imide groups is 1. The van der Waals surface area contributed by atoms with Crippen LogP contribution in [0.3, 0.4) is 0 Å². The van der Waals surface area contributed by atoms with Crippen molar-refractivity contribution in [2.24, 2.45) is 0 Å². The Morgan fingerprint density at radius 3 is 2.30 bits per heavy atom. The predicted molar refractivity (Wildman–Crippen MR) is 119 cm³/mol. The summed E-state index contributed by atoms with van der Waals surface area (Å²) in [5.74, 6) is -1.21. The van der Waals surface area contributed by atoms with E-state index in [4.69, 9.17) is 12.2 Å². The molecule has 0 aliphatic carbocycles. The smallest absolute Gasteiger partial charge is 0.268 e. The Hall–Kier alpha value is -3.84. The van der Waals surface area contributed by atoms with Crippen LogP contribution in [-0.2, 0) is 0 Å². The van der Waals surface area contributed by atoms with E-state index in [1.165, 1.54) is 0 Å². The summed E-state index contributed by atoms with van der Waals surface area (Å²) < 4.78 is 0. The number of hydrogen-bond donors (Lipinski definition) is 2. The molecule has 0 saturated carbocycles. The average molecular weight is 415 g/mol. The van der Waals surface area contributed by atoms with Crippen LogP contribution in [0.4, 0.5) is 11.4 Å². The summed E-state index contributed by atoms with van der Waals surface area (Å²) in [5.41, 5.74) is 2.67. The highest BCUT2D eigenvalue weighted by Gasteiger charge is 2.38. The summed E-state index contributed by atoms with van der Waals surface area (Å²) >= 11 is 5.26. The summed E-state index contributed by atoms with van der Waals surface area (Å²) in [6.07, 6.45) is 0. The van der Waals surface area contributed by atoms with Crippen LogP contribution in [0.1, 0.15) is 36.6 Å². The van der Waals surface area contributed by atoms with Crippen LogP contribution in [0.2, 0.25) is 0 Å². The molecule has 0 atom stereocenters. The molecular formula is C23H17N3O3S. The lowest BCUT2D eigenvalue weighted by Crippen LogP contribution is -2.35. The molecule has 0 aromatic heterocycles. The number of nitrogens with zero attached hydrogens (tertiary/aromatic N) is 1. The second-order valence-electron chi connectivity index (χ2n) is 6.73. The lowest BCUT2D eigenvalue weighted by molar-refractivity contribution is 0.0924. The van der Waals surface area contributed by atoms with E-state index >= 15 is 0 Å².